The second-order valence-corrected chi connectivity index (χ2v) is 11.2. The van der Waals surface area contributed by atoms with Crippen molar-refractivity contribution < 1.29 is 14.3 Å². The number of fused-ring (bicyclic) bond motifs is 3. The number of amides is 1. The van der Waals surface area contributed by atoms with Gasteiger partial charge in [0.1, 0.15) is 11.5 Å². The monoisotopic (exact) mass is 556 g/mol. The van der Waals surface area contributed by atoms with Crippen LogP contribution >= 0.6 is 0 Å². The summed E-state index contributed by atoms with van der Waals surface area (Å²) in [6, 6.07) is 20.8. The fraction of sp³-hybridized carbons (Fsp3) is 0.472. The number of hydrogen-bond acceptors (Lipinski definition) is 3. The van der Waals surface area contributed by atoms with Crippen molar-refractivity contribution in [2.24, 2.45) is 0 Å². The maximum Gasteiger partial charge on any atom is 0.221 e. The van der Waals surface area contributed by atoms with E-state index in [1.807, 2.05) is 12.1 Å². The Morgan fingerprint density at radius 3 is 1.56 bits per heavy atom. The molecule has 0 aliphatic rings. The summed E-state index contributed by atoms with van der Waals surface area (Å²) in [5, 5.41) is 5.16. The van der Waals surface area contributed by atoms with Gasteiger partial charge in [0, 0.05) is 29.1 Å². The van der Waals surface area contributed by atoms with Gasteiger partial charge in [-0.3, -0.25) is 4.79 Å². The van der Waals surface area contributed by atoms with E-state index in [-0.39, 0.29) is 5.91 Å². The largest absolute Gasteiger partial charge is 0.494 e. The van der Waals surface area contributed by atoms with Gasteiger partial charge in [0.05, 0.1) is 24.2 Å². The van der Waals surface area contributed by atoms with Crippen molar-refractivity contribution in [3.63, 3.8) is 0 Å². The number of ether oxygens (including phenoxy) is 2. The Labute approximate surface area is 246 Å². The molecule has 0 fully saturated rings. The second-order valence-electron chi connectivity index (χ2n) is 11.2. The first kappa shape index (κ1) is 30.5. The van der Waals surface area contributed by atoms with Crippen LogP contribution in [0, 0.1) is 0 Å². The number of aromatic nitrogens is 1. The Hall–Kier alpha value is -3.47. The number of hydrogen-bond donors (Lipinski definition) is 1. The SMILES string of the molecule is CCCCCCCCOc1ccc2c(c1)c1cc(OCCCCCCCC)ccc1n2-c1ccc(NC(C)=O)cc1. The predicted molar refractivity (Wildman–Crippen MR) is 173 cm³/mol. The molecule has 0 aliphatic heterocycles. The fourth-order valence-corrected chi connectivity index (χ4v) is 5.48. The zero-order valence-electron chi connectivity index (χ0n) is 25.3. The topological polar surface area (TPSA) is 52.5 Å². The van der Waals surface area contributed by atoms with Crippen LogP contribution in [0.5, 0.6) is 11.5 Å². The van der Waals surface area contributed by atoms with Gasteiger partial charge in [0.25, 0.3) is 0 Å². The molecular formula is C36H48N2O3. The molecule has 0 bridgehead atoms. The van der Waals surface area contributed by atoms with Gasteiger partial charge in [-0.05, 0) is 73.5 Å². The Morgan fingerprint density at radius 2 is 1.10 bits per heavy atom. The third-order valence-corrected chi connectivity index (χ3v) is 7.69. The van der Waals surface area contributed by atoms with Crippen molar-refractivity contribution in [3.8, 4) is 17.2 Å². The zero-order valence-corrected chi connectivity index (χ0v) is 25.3. The maximum absolute atomic E-state index is 11.5. The first-order chi connectivity index (χ1) is 20.1. The minimum Gasteiger partial charge on any atom is -0.494 e. The van der Waals surface area contributed by atoms with Gasteiger partial charge in [-0.15, -0.1) is 0 Å². The highest BCUT2D eigenvalue weighted by Crippen LogP contribution is 2.36. The van der Waals surface area contributed by atoms with Gasteiger partial charge in [0.15, 0.2) is 0 Å². The predicted octanol–water partition coefficient (Wildman–Crippen LogP) is 10.2. The van der Waals surface area contributed by atoms with Crippen LogP contribution in [0.3, 0.4) is 0 Å². The molecule has 5 heteroatoms. The molecule has 0 spiro atoms. The molecule has 1 heterocycles. The molecule has 0 saturated carbocycles. The summed E-state index contributed by atoms with van der Waals surface area (Å²) in [4.78, 5) is 11.5. The van der Waals surface area contributed by atoms with Crippen LogP contribution in [-0.2, 0) is 4.79 Å². The summed E-state index contributed by atoms with van der Waals surface area (Å²) in [7, 11) is 0. The molecule has 1 N–H and O–H groups in total. The maximum atomic E-state index is 11.5. The van der Waals surface area contributed by atoms with Crippen molar-refractivity contribution in [2.45, 2.75) is 97.8 Å². The average molecular weight is 557 g/mol. The van der Waals surface area contributed by atoms with E-state index >= 15 is 0 Å². The van der Waals surface area contributed by atoms with Gasteiger partial charge in [-0.2, -0.15) is 0 Å². The highest BCUT2D eigenvalue weighted by molar-refractivity contribution is 6.10. The standard InChI is InChI=1S/C36H48N2O3/c1-4-6-8-10-12-14-24-40-31-20-22-35-33(26-31)34-27-32(41-25-15-13-11-9-7-5-2)21-23-36(34)38(35)30-18-16-29(17-19-30)37-28(3)39/h16-23,26-27H,4-15,24-25H2,1-3H3,(H,37,39). The van der Waals surface area contributed by atoms with Crippen molar-refractivity contribution in [3.05, 3.63) is 60.7 Å². The zero-order chi connectivity index (χ0) is 28.9. The van der Waals surface area contributed by atoms with Gasteiger partial charge < -0.3 is 19.4 Å². The normalized spacial score (nSPS) is 11.3. The van der Waals surface area contributed by atoms with Crippen LogP contribution in [0.4, 0.5) is 5.69 Å². The number of benzene rings is 3. The van der Waals surface area contributed by atoms with Gasteiger partial charge in [-0.1, -0.05) is 78.1 Å². The number of nitrogens with zero attached hydrogens (tertiary/aromatic N) is 1. The summed E-state index contributed by atoms with van der Waals surface area (Å²) in [5.74, 6) is 1.74. The van der Waals surface area contributed by atoms with Gasteiger partial charge in [-0.25, -0.2) is 0 Å². The average Bonchev–Trinajstić information content (AvgIpc) is 3.29. The lowest BCUT2D eigenvalue weighted by atomic mass is 10.1. The van der Waals surface area contributed by atoms with E-state index < -0.39 is 0 Å². The summed E-state index contributed by atoms with van der Waals surface area (Å²) >= 11 is 0. The molecule has 41 heavy (non-hydrogen) atoms. The molecule has 0 aliphatic carbocycles. The van der Waals surface area contributed by atoms with Crippen LogP contribution in [-0.4, -0.2) is 23.7 Å². The molecule has 3 aromatic carbocycles. The Balaban J connectivity index is 1.56. The number of rotatable bonds is 18. The molecule has 0 unspecified atom stereocenters. The number of carbonyl (C=O) groups excluding carboxylic acids is 1. The quantitative estimate of drug-likeness (QED) is 0.124. The number of unbranched alkanes of at least 4 members (excludes halogenated alkanes) is 10. The molecule has 0 atom stereocenters. The van der Waals surface area contributed by atoms with Gasteiger partial charge >= 0.3 is 0 Å². The fourth-order valence-electron chi connectivity index (χ4n) is 5.48. The highest BCUT2D eigenvalue weighted by atomic mass is 16.5. The number of carbonyl (C=O) groups is 1. The first-order valence-corrected chi connectivity index (χ1v) is 15.8. The van der Waals surface area contributed by atoms with E-state index in [0.717, 1.165) is 70.7 Å². The highest BCUT2D eigenvalue weighted by Gasteiger charge is 2.15. The van der Waals surface area contributed by atoms with E-state index in [0.29, 0.717) is 0 Å². The van der Waals surface area contributed by atoms with Crippen molar-refractivity contribution in [1.82, 2.24) is 4.57 Å². The first-order valence-electron chi connectivity index (χ1n) is 15.8. The molecule has 5 nitrogen and oxygen atoms in total. The lowest BCUT2D eigenvalue weighted by Gasteiger charge is -2.10. The Bertz CT molecular complexity index is 1300. The lowest BCUT2D eigenvalue weighted by molar-refractivity contribution is -0.114. The van der Waals surface area contributed by atoms with Crippen molar-refractivity contribution in [2.75, 3.05) is 18.5 Å². The lowest BCUT2D eigenvalue weighted by Crippen LogP contribution is -2.05. The molecule has 1 amide bonds. The van der Waals surface area contributed by atoms with Gasteiger partial charge in [0.2, 0.25) is 5.91 Å². The molecule has 220 valence electrons. The number of anilines is 1. The smallest absolute Gasteiger partial charge is 0.221 e. The van der Waals surface area contributed by atoms with Crippen LogP contribution in [0.15, 0.2) is 60.7 Å². The second kappa shape index (κ2) is 16.1. The molecular weight excluding hydrogens is 508 g/mol. The molecule has 0 radical (unpaired) electrons. The van der Waals surface area contributed by atoms with E-state index in [4.69, 9.17) is 9.47 Å². The van der Waals surface area contributed by atoms with Crippen LogP contribution in [0.2, 0.25) is 0 Å². The summed E-state index contributed by atoms with van der Waals surface area (Å²) < 4.78 is 14.7. The summed E-state index contributed by atoms with van der Waals surface area (Å²) in [6.07, 6.45) is 15.0. The number of nitrogens with one attached hydrogen (secondary N) is 1. The Morgan fingerprint density at radius 1 is 0.634 bits per heavy atom. The van der Waals surface area contributed by atoms with Crippen molar-refractivity contribution >= 4 is 33.4 Å². The van der Waals surface area contributed by atoms with E-state index in [1.165, 1.54) is 71.1 Å². The third kappa shape index (κ3) is 8.76. The molecule has 1 aromatic heterocycles. The van der Waals surface area contributed by atoms with E-state index in [9.17, 15) is 4.79 Å². The summed E-state index contributed by atoms with van der Waals surface area (Å²) in [6.45, 7) is 7.52. The minimum atomic E-state index is -0.0726. The molecule has 4 rings (SSSR count). The third-order valence-electron chi connectivity index (χ3n) is 7.69. The van der Waals surface area contributed by atoms with Crippen molar-refractivity contribution in [1.29, 1.82) is 0 Å². The van der Waals surface area contributed by atoms with Crippen LogP contribution < -0.4 is 14.8 Å². The van der Waals surface area contributed by atoms with E-state index in [2.05, 4.69) is 72.3 Å². The molecule has 4 aromatic rings. The van der Waals surface area contributed by atoms with Crippen LogP contribution in [0.1, 0.15) is 97.8 Å². The van der Waals surface area contributed by atoms with E-state index in [1.54, 1.807) is 0 Å². The minimum absolute atomic E-state index is 0.0726. The Kier molecular flexibility index (Phi) is 12.0. The molecule has 0 saturated heterocycles. The summed E-state index contributed by atoms with van der Waals surface area (Å²) in [5.41, 5.74) is 4.07. The van der Waals surface area contributed by atoms with Crippen LogP contribution in [0.25, 0.3) is 27.5 Å².